The molecule has 8 rings (SSSR count). The van der Waals surface area contributed by atoms with Crippen LogP contribution in [0.25, 0.3) is 33.4 Å². The van der Waals surface area contributed by atoms with E-state index in [0.717, 1.165) is 11.4 Å². The van der Waals surface area contributed by atoms with Crippen molar-refractivity contribution in [2.45, 2.75) is 11.8 Å². The minimum Gasteiger partial charge on any atom is -0.0840 e. The van der Waals surface area contributed by atoms with E-state index in [1.165, 1.54) is 66.8 Å². The average Bonchev–Trinajstić information content (AvgIpc) is 3.53. The maximum absolute atomic E-state index is 6.66. The summed E-state index contributed by atoms with van der Waals surface area (Å²) in [5, 5.41) is 0.853. The number of benzene rings is 6. The van der Waals surface area contributed by atoms with Gasteiger partial charge in [0.05, 0.1) is 5.41 Å². The number of rotatable bonds is 3. The van der Waals surface area contributed by atoms with Gasteiger partial charge in [0.2, 0.25) is 0 Å². The highest BCUT2D eigenvalue weighted by Crippen LogP contribution is 2.57. The molecule has 1 heteroatoms. The van der Waals surface area contributed by atoms with Crippen molar-refractivity contribution >= 4 is 11.6 Å². The van der Waals surface area contributed by atoms with E-state index in [2.05, 4.69) is 133 Å². The highest BCUT2D eigenvalue weighted by molar-refractivity contribution is 6.32. The quantitative estimate of drug-likeness (QED) is 0.219. The molecule has 0 aliphatic heterocycles. The number of hydrogen-bond donors (Lipinski definition) is 0. The van der Waals surface area contributed by atoms with Crippen molar-refractivity contribution in [3.8, 4) is 33.4 Å². The molecule has 0 amide bonds. The Bertz CT molecular complexity index is 1840. The first kappa shape index (κ1) is 22.6. The Kier molecular flexibility index (Phi) is 4.96. The van der Waals surface area contributed by atoms with Crippen LogP contribution in [-0.4, -0.2) is 0 Å². The van der Waals surface area contributed by atoms with Crippen molar-refractivity contribution in [1.29, 1.82) is 0 Å². The second kappa shape index (κ2) is 8.56. The normalized spacial score (nSPS) is 13.9. The first-order valence-corrected chi connectivity index (χ1v) is 13.9. The second-order valence-corrected chi connectivity index (χ2v) is 11.0. The minimum absolute atomic E-state index is 0.394. The monoisotopic (exact) mass is 516 g/mol. The smallest absolute Gasteiger partial charge is 0.0713 e. The molecule has 0 saturated carbocycles. The summed E-state index contributed by atoms with van der Waals surface area (Å²) in [6.45, 7) is 0. The molecule has 6 aromatic carbocycles. The minimum atomic E-state index is -0.394. The maximum atomic E-state index is 6.66. The molecule has 0 aromatic heterocycles. The van der Waals surface area contributed by atoms with Crippen molar-refractivity contribution in [2.24, 2.45) is 0 Å². The first-order chi connectivity index (χ1) is 19.3. The van der Waals surface area contributed by atoms with Gasteiger partial charge in [-0.15, -0.1) is 0 Å². The van der Waals surface area contributed by atoms with Gasteiger partial charge in [0.1, 0.15) is 0 Å². The Hall–Kier alpha value is -4.39. The van der Waals surface area contributed by atoms with Gasteiger partial charge in [-0.3, -0.25) is 0 Å². The van der Waals surface area contributed by atoms with Gasteiger partial charge < -0.3 is 0 Å². The van der Waals surface area contributed by atoms with Gasteiger partial charge in [-0.2, -0.15) is 0 Å². The summed E-state index contributed by atoms with van der Waals surface area (Å²) in [5.74, 6) is 0. The predicted octanol–water partition coefficient (Wildman–Crippen LogP) is 9.94. The number of fused-ring (bicyclic) bond motifs is 6. The van der Waals surface area contributed by atoms with Crippen molar-refractivity contribution in [3.63, 3.8) is 0 Å². The predicted molar refractivity (Wildman–Crippen MR) is 162 cm³/mol. The molecule has 39 heavy (non-hydrogen) atoms. The topological polar surface area (TPSA) is 0 Å². The van der Waals surface area contributed by atoms with Gasteiger partial charge in [-0.1, -0.05) is 139 Å². The zero-order valence-electron chi connectivity index (χ0n) is 21.4. The van der Waals surface area contributed by atoms with E-state index in [0.29, 0.717) is 0 Å². The van der Waals surface area contributed by atoms with Crippen molar-refractivity contribution in [1.82, 2.24) is 0 Å². The van der Waals surface area contributed by atoms with Crippen LogP contribution in [0, 0.1) is 0 Å². The molecule has 0 atom stereocenters. The number of hydrogen-bond acceptors (Lipinski definition) is 0. The molecule has 184 valence electrons. The summed E-state index contributed by atoms with van der Waals surface area (Å²) < 4.78 is 0. The molecule has 2 aliphatic carbocycles. The highest BCUT2D eigenvalue weighted by atomic mass is 35.5. The van der Waals surface area contributed by atoms with E-state index in [4.69, 9.17) is 11.6 Å². The molecule has 0 N–H and O–H groups in total. The van der Waals surface area contributed by atoms with E-state index in [9.17, 15) is 0 Å². The first-order valence-electron chi connectivity index (χ1n) is 13.5. The molecule has 0 spiro atoms. The average molecular weight is 517 g/mol. The summed E-state index contributed by atoms with van der Waals surface area (Å²) in [5.41, 5.74) is 15.2. The molecule has 0 radical (unpaired) electrons. The molecule has 0 bridgehead atoms. The lowest BCUT2D eigenvalue weighted by molar-refractivity contribution is 0.769. The fraction of sp³-hybridized carbons (Fsp3) is 0.0526. The molecule has 0 nitrogen and oxygen atoms in total. The Morgan fingerprint density at radius 1 is 0.436 bits per heavy atom. The molecule has 6 aromatic rings. The lowest BCUT2D eigenvalue weighted by Gasteiger charge is -2.34. The van der Waals surface area contributed by atoms with Crippen molar-refractivity contribution in [2.75, 3.05) is 0 Å². The van der Waals surface area contributed by atoms with E-state index < -0.39 is 5.41 Å². The molecule has 0 saturated heterocycles. The zero-order valence-corrected chi connectivity index (χ0v) is 22.1. The van der Waals surface area contributed by atoms with Crippen LogP contribution in [0.4, 0.5) is 0 Å². The Balaban J connectivity index is 1.41. The molecule has 0 unspecified atom stereocenters. The third-order valence-electron chi connectivity index (χ3n) is 8.71. The Morgan fingerprint density at radius 2 is 1.00 bits per heavy atom. The summed E-state index contributed by atoms with van der Waals surface area (Å²) in [4.78, 5) is 0. The third-order valence-corrected chi connectivity index (χ3v) is 9.06. The van der Waals surface area contributed by atoms with Gasteiger partial charge in [-0.05, 0) is 78.9 Å². The van der Waals surface area contributed by atoms with Crippen LogP contribution in [0.3, 0.4) is 0 Å². The fourth-order valence-electron chi connectivity index (χ4n) is 7.08. The van der Waals surface area contributed by atoms with Gasteiger partial charge in [0.25, 0.3) is 0 Å². The molecule has 0 heterocycles. The Morgan fingerprint density at radius 3 is 1.74 bits per heavy atom. The lowest BCUT2D eigenvalue weighted by Crippen LogP contribution is -2.28. The van der Waals surface area contributed by atoms with Crippen molar-refractivity contribution < 1.29 is 0 Å². The second-order valence-electron chi connectivity index (χ2n) is 10.6. The summed E-state index contributed by atoms with van der Waals surface area (Å²) >= 11 is 6.66. The molecular formula is C38H25Cl. The molecule has 2 aliphatic rings. The van der Waals surface area contributed by atoms with Crippen molar-refractivity contribution in [3.05, 3.63) is 178 Å². The van der Waals surface area contributed by atoms with Crippen LogP contribution in [0.5, 0.6) is 0 Å². The van der Waals surface area contributed by atoms with Gasteiger partial charge >= 0.3 is 0 Å². The van der Waals surface area contributed by atoms with Gasteiger partial charge in [0.15, 0.2) is 0 Å². The van der Waals surface area contributed by atoms with Gasteiger partial charge in [0, 0.05) is 11.4 Å². The summed E-state index contributed by atoms with van der Waals surface area (Å²) in [6, 6.07) is 51.0. The summed E-state index contributed by atoms with van der Waals surface area (Å²) in [7, 11) is 0. The van der Waals surface area contributed by atoms with Crippen LogP contribution in [0.15, 0.2) is 140 Å². The zero-order chi connectivity index (χ0) is 26.0. The standard InChI is InChI=1S/C38H25Cl/c39-37-20-10-18-30-29-17-9-16-28(33(29)24-34(30)37)25-21-22-32-31-15-7-8-19-35(31)38(36(32)23-25,26-11-3-1-4-12-26)27-13-5-2-6-14-27/h1-23H,24H2. The van der Waals surface area contributed by atoms with E-state index in [-0.39, 0.29) is 0 Å². The highest BCUT2D eigenvalue weighted by Gasteiger charge is 2.46. The van der Waals surface area contributed by atoms with Crippen LogP contribution in [0.1, 0.15) is 33.4 Å². The van der Waals surface area contributed by atoms with Gasteiger partial charge in [-0.25, -0.2) is 0 Å². The summed E-state index contributed by atoms with van der Waals surface area (Å²) in [6.07, 6.45) is 0.861. The lowest BCUT2D eigenvalue weighted by atomic mass is 9.67. The van der Waals surface area contributed by atoms with E-state index in [1.54, 1.807) is 0 Å². The Labute approximate surface area is 234 Å². The molecule has 0 fully saturated rings. The van der Waals surface area contributed by atoms with E-state index in [1.807, 2.05) is 6.07 Å². The van der Waals surface area contributed by atoms with Crippen LogP contribution >= 0.6 is 11.6 Å². The van der Waals surface area contributed by atoms with Crippen LogP contribution in [0.2, 0.25) is 5.02 Å². The third kappa shape index (κ3) is 3.13. The van der Waals surface area contributed by atoms with Crippen LogP contribution in [-0.2, 0) is 11.8 Å². The fourth-order valence-corrected chi connectivity index (χ4v) is 7.32. The maximum Gasteiger partial charge on any atom is 0.0713 e. The largest absolute Gasteiger partial charge is 0.0840 e. The number of halogens is 1. The molecular weight excluding hydrogens is 492 g/mol. The van der Waals surface area contributed by atoms with Crippen LogP contribution < -0.4 is 0 Å². The SMILES string of the molecule is Clc1cccc2c1Cc1c(-c3ccc4c(c3)C(c3ccccc3)(c3ccccc3)c3ccccc3-4)cccc1-2. The van der Waals surface area contributed by atoms with E-state index >= 15 is 0 Å².